The van der Waals surface area contributed by atoms with Gasteiger partial charge >= 0.3 is 0 Å². The van der Waals surface area contributed by atoms with Crippen LogP contribution in [0.15, 0.2) is 0 Å². The van der Waals surface area contributed by atoms with Gasteiger partial charge in [0.05, 0.1) is 32.8 Å². The van der Waals surface area contributed by atoms with Crippen molar-refractivity contribution in [2.75, 3.05) is 33.7 Å². The SMILES string of the molecule is CC(F)CCCCC(=O)NCCC[N+](C)(C)CC(=O)[O-]. The van der Waals surface area contributed by atoms with Crippen LogP contribution in [0.2, 0.25) is 0 Å². The van der Waals surface area contributed by atoms with E-state index in [-0.39, 0.29) is 12.5 Å². The van der Waals surface area contributed by atoms with Gasteiger partial charge < -0.3 is 19.7 Å². The quantitative estimate of drug-likeness (QED) is 0.438. The van der Waals surface area contributed by atoms with Crippen LogP contribution >= 0.6 is 0 Å². The minimum absolute atomic E-state index is 0.0262. The number of amides is 1. The highest BCUT2D eigenvalue weighted by Crippen LogP contribution is 2.05. The van der Waals surface area contributed by atoms with Gasteiger partial charge in [-0.05, 0) is 19.8 Å². The Balaban J connectivity index is 3.59. The Morgan fingerprint density at radius 3 is 2.45 bits per heavy atom. The number of quaternary nitrogens is 1. The van der Waals surface area contributed by atoms with Gasteiger partial charge in [-0.15, -0.1) is 0 Å². The van der Waals surface area contributed by atoms with E-state index in [1.54, 1.807) is 0 Å². The molecule has 20 heavy (non-hydrogen) atoms. The molecule has 0 aliphatic heterocycles. The number of unbranched alkanes of at least 4 members (excludes halogenated alkanes) is 1. The van der Waals surface area contributed by atoms with E-state index in [1.165, 1.54) is 6.92 Å². The molecule has 0 bridgehead atoms. The Morgan fingerprint density at radius 2 is 1.90 bits per heavy atom. The van der Waals surface area contributed by atoms with Crippen LogP contribution in [0.3, 0.4) is 0 Å². The van der Waals surface area contributed by atoms with E-state index in [0.29, 0.717) is 43.3 Å². The fourth-order valence-electron chi connectivity index (χ4n) is 1.96. The largest absolute Gasteiger partial charge is 0.544 e. The number of hydrogen-bond donors (Lipinski definition) is 1. The summed E-state index contributed by atoms with van der Waals surface area (Å²) in [7, 11) is 3.63. The van der Waals surface area contributed by atoms with Gasteiger partial charge in [-0.1, -0.05) is 6.42 Å². The summed E-state index contributed by atoms with van der Waals surface area (Å²) in [5, 5.41) is 13.3. The van der Waals surface area contributed by atoms with E-state index in [4.69, 9.17) is 0 Å². The predicted octanol–water partition coefficient (Wildman–Crippen LogP) is 0.237. The number of nitrogens with one attached hydrogen (secondary N) is 1. The number of alkyl halides is 1. The molecule has 0 saturated carbocycles. The van der Waals surface area contributed by atoms with Gasteiger partial charge in [-0.25, -0.2) is 4.39 Å². The summed E-state index contributed by atoms with van der Waals surface area (Å²) in [4.78, 5) is 22.0. The van der Waals surface area contributed by atoms with Crippen molar-refractivity contribution in [2.24, 2.45) is 0 Å². The third-order valence-corrected chi connectivity index (χ3v) is 3.08. The fraction of sp³-hybridized carbons (Fsp3) is 0.857. The number of likely N-dealkylation sites (N-methyl/N-ethyl adjacent to an activating group) is 1. The Kier molecular flexibility index (Phi) is 9.12. The summed E-state index contributed by atoms with van der Waals surface area (Å²) < 4.78 is 12.9. The van der Waals surface area contributed by atoms with Crippen LogP contribution in [-0.4, -0.2) is 56.3 Å². The number of carbonyl (C=O) groups is 2. The third-order valence-electron chi connectivity index (χ3n) is 3.08. The zero-order chi connectivity index (χ0) is 15.6. The maximum absolute atomic E-state index is 12.5. The number of carboxylic acid groups (broad SMARTS) is 1. The average molecular weight is 290 g/mol. The molecule has 1 atom stereocenters. The van der Waals surface area contributed by atoms with Crippen molar-refractivity contribution < 1.29 is 23.6 Å². The zero-order valence-electron chi connectivity index (χ0n) is 12.8. The van der Waals surface area contributed by atoms with Crippen LogP contribution in [0.4, 0.5) is 4.39 Å². The first kappa shape index (κ1) is 18.8. The van der Waals surface area contributed by atoms with Crippen LogP contribution in [-0.2, 0) is 9.59 Å². The van der Waals surface area contributed by atoms with Gasteiger partial charge in [0.25, 0.3) is 0 Å². The van der Waals surface area contributed by atoms with Crippen LogP contribution in [0.1, 0.15) is 39.0 Å². The number of carbonyl (C=O) groups excluding carboxylic acids is 2. The number of halogens is 1. The van der Waals surface area contributed by atoms with E-state index in [9.17, 15) is 19.1 Å². The molecule has 1 unspecified atom stereocenters. The Morgan fingerprint density at radius 1 is 1.25 bits per heavy atom. The molecule has 0 spiro atoms. The molecule has 1 N–H and O–H groups in total. The van der Waals surface area contributed by atoms with Crippen molar-refractivity contribution in [1.29, 1.82) is 0 Å². The number of carboxylic acids is 1. The van der Waals surface area contributed by atoms with E-state index < -0.39 is 12.1 Å². The van der Waals surface area contributed by atoms with Crippen molar-refractivity contribution in [3.8, 4) is 0 Å². The molecule has 0 aromatic rings. The molecule has 1 amide bonds. The normalized spacial score (nSPS) is 13.0. The molecular formula is C14H27FN2O3. The molecule has 5 nitrogen and oxygen atoms in total. The van der Waals surface area contributed by atoms with Crippen LogP contribution in [0, 0.1) is 0 Å². The highest BCUT2D eigenvalue weighted by atomic mass is 19.1. The lowest BCUT2D eigenvalue weighted by atomic mass is 10.1. The molecule has 0 saturated heterocycles. The maximum atomic E-state index is 12.5. The molecule has 0 rings (SSSR count). The lowest BCUT2D eigenvalue weighted by Crippen LogP contribution is -2.49. The minimum atomic E-state index is -1.07. The van der Waals surface area contributed by atoms with Crippen molar-refractivity contribution in [1.82, 2.24) is 5.32 Å². The highest BCUT2D eigenvalue weighted by Gasteiger charge is 2.14. The number of rotatable bonds is 11. The Hall–Kier alpha value is -1.17. The van der Waals surface area contributed by atoms with Gasteiger partial charge in [0.2, 0.25) is 5.91 Å². The Bertz CT molecular complexity index is 307. The lowest BCUT2D eigenvalue weighted by Gasteiger charge is -2.30. The first-order chi connectivity index (χ1) is 9.23. The fourth-order valence-corrected chi connectivity index (χ4v) is 1.96. The van der Waals surface area contributed by atoms with E-state index in [2.05, 4.69) is 5.32 Å². The lowest BCUT2D eigenvalue weighted by molar-refractivity contribution is -0.884. The molecular weight excluding hydrogens is 263 g/mol. The van der Waals surface area contributed by atoms with Crippen molar-refractivity contribution >= 4 is 11.9 Å². The molecule has 0 radical (unpaired) electrons. The molecule has 6 heteroatoms. The zero-order valence-corrected chi connectivity index (χ0v) is 12.8. The molecule has 0 aromatic carbocycles. The third kappa shape index (κ3) is 11.9. The van der Waals surface area contributed by atoms with Crippen molar-refractivity contribution in [3.63, 3.8) is 0 Å². The first-order valence-electron chi connectivity index (χ1n) is 7.15. The summed E-state index contributed by atoms with van der Waals surface area (Å²) in [5.41, 5.74) is 0. The molecule has 0 heterocycles. The van der Waals surface area contributed by atoms with Crippen LogP contribution in [0.25, 0.3) is 0 Å². The summed E-state index contributed by atoms with van der Waals surface area (Å²) in [6.07, 6.45) is 2.26. The summed E-state index contributed by atoms with van der Waals surface area (Å²) in [6.45, 7) is 2.68. The summed E-state index contributed by atoms with van der Waals surface area (Å²) >= 11 is 0. The van der Waals surface area contributed by atoms with Gasteiger partial charge in [0.15, 0.2) is 0 Å². The molecule has 0 aliphatic carbocycles. The summed E-state index contributed by atoms with van der Waals surface area (Å²) in [5.74, 6) is -1.09. The molecule has 0 aliphatic rings. The second-order valence-electron chi connectivity index (χ2n) is 5.92. The average Bonchev–Trinajstić information content (AvgIpc) is 2.28. The Labute approximate surface area is 120 Å². The van der Waals surface area contributed by atoms with Crippen LogP contribution < -0.4 is 10.4 Å². The second kappa shape index (κ2) is 9.69. The summed E-state index contributed by atoms with van der Waals surface area (Å²) in [6, 6.07) is 0. The van der Waals surface area contributed by atoms with Gasteiger partial charge in [0.1, 0.15) is 6.54 Å². The first-order valence-corrected chi connectivity index (χ1v) is 7.15. The standard InChI is InChI=1S/C14H27FN2O3/c1-12(15)7-4-5-8-13(18)16-9-6-10-17(2,3)11-14(19)20/h12H,4-11H2,1-3H3,(H-,16,18,19,20). The predicted molar refractivity (Wildman–Crippen MR) is 73.5 cm³/mol. The molecule has 0 fully saturated rings. The monoisotopic (exact) mass is 290 g/mol. The molecule has 0 aromatic heterocycles. The minimum Gasteiger partial charge on any atom is -0.544 e. The second-order valence-corrected chi connectivity index (χ2v) is 5.92. The topological polar surface area (TPSA) is 69.2 Å². The van der Waals surface area contributed by atoms with Crippen LogP contribution in [0.5, 0.6) is 0 Å². The maximum Gasteiger partial charge on any atom is 0.219 e. The van der Waals surface area contributed by atoms with E-state index in [0.717, 1.165) is 6.42 Å². The van der Waals surface area contributed by atoms with E-state index >= 15 is 0 Å². The van der Waals surface area contributed by atoms with Gasteiger partial charge in [-0.3, -0.25) is 4.79 Å². The van der Waals surface area contributed by atoms with Crippen molar-refractivity contribution in [3.05, 3.63) is 0 Å². The van der Waals surface area contributed by atoms with Crippen molar-refractivity contribution in [2.45, 2.75) is 45.2 Å². The number of hydrogen-bond acceptors (Lipinski definition) is 3. The number of nitrogens with zero attached hydrogens (tertiary/aromatic N) is 1. The van der Waals surface area contributed by atoms with E-state index in [1.807, 2.05) is 14.1 Å². The van der Waals surface area contributed by atoms with Gasteiger partial charge in [-0.2, -0.15) is 0 Å². The molecule has 118 valence electrons. The number of aliphatic carboxylic acids is 1. The van der Waals surface area contributed by atoms with Gasteiger partial charge in [0, 0.05) is 19.4 Å². The smallest absolute Gasteiger partial charge is 0.219 e. The highest BCUT2D eigenvalue weighted by molar-refractivity contribution is 5.75.